The van der Waals surface area contributed by atoms with Crippen LogP contribution in [0.4, 0.5) is 13.2 Å². The van der Waals surface area contributed by atoms with E-state index in [9.17, 15) is 26.4 Å². The minimum absolute atomic E-state index is 0.215. The van der Waals surface area contributed by atoms with Gasteiger partial charge in [-0.3, -0.25) is 4.18 Å². The lowest BCUT2D eigenvalue weighted by atomic mass is 9.92. The van der Waals surface area contributed by atoms with Crippen molar-refractivity contribution in [1.82, 2.24) is 0 Å². The maximum Gasteiger partial charge on any atom is 0.432 e. The molecule has 0 N–H and O–H groups in total. The molecule has 0 heterocycles. The number of methoxy groups -OCH3 is 1. The van der Waals surface area contributed by atoms with E-state index >= 15 is 0 Å². The molecule has 0 aliphatic heterocycles. The lowest BCUT2D eigenvalue weighted by molar-refractivity contribution is -0.278. The highest BCUT2D eigenvalue weighted by atomic mass is 32.2. The molecule has 2 aromatic rings. The van der Waals surface area contributed by atoms with Crippen LogP contribution < -0.4 is 0 Å². The molecule has 0 spiro atoms. The molecule has 0 aliphatic rings. The summed E-state index contributed by atoms with van der Waals surface area (Å²) < 4.78 is 81.1. The van der Waals surface area contributed by atoms with Crippen LogP contribution in [0.3, 0.4) is 0 Å². The van der Waals surface area contributed by atoms with E-state index in [2.05, 4.69) is 14.8 Å². The quantitative estimate of drug-likeness (QED) is 0.164. The van der Waals surface area contributed by atoms with Gasteiger partial charge in [0, 0.05) is 17.6 Å². The van der Waals surface area contributed by atoms with Crippen LogP contribution in [0, 0.1) is 6.92 Å². The van der Waals surface area contributed by atoms with Crippen LogP contribution >= 0.6 is 0 Å². The summed E-state index contributed by atoms with van der Waals surface area (Å²) in [7, 11) is -3.65. The number of carbonyl (C=O) groups is 1. The van der Waals surface area contributed by atoms with E-state index in [-0.39, 0.29) is 4.90 Å². The van der Waals surface area contributed by atoms with Crippen LogP contribution in [0.2, 0.25) is 0 Å². The van der Waals surface area contributed by atoms with Crippen LogP contribution in [0.5, 0.6) is 0 Å². The number of esters is 1. The summed E-state index contributed by atoms with van der Waals surface area (Å²) in [6, 6.07) is 11.6. The summed E-state index contributed by atoms with van der Waals surface area (Å²) in [5.41, 5.74) is 5.28. The molecule has 2 atom stereocenters. The predicted octanol–water partition coefficient (Wildman–Crippen LogP) is 4.03. The van der Waals surface area contributed by atoms with Crippen molar-refractivity contribution >= 4 is 16.1 Å². The van der Waals surface area contributed by atoms with Gasteiger partial charge in [0.1, 0.15) is 12.7 Å². The predicted molar refractivity (Wildman–Crippen MR) is 109 cm³/mol. The van der Waals surface area contributed by atoms with Crippen LogP contribution in [-0.4, -0.2) is 46.9 Å². The van der Waals surface area contributed by atoms with E-state index in [1.54, 1.807) is 6.92 Å². The van der Waals surface area contributed by atoms with Crippen LogP contribution in [0.25, 0.3) is 10.4 Å². The van der Waals surface area contributed by atoms with E-state index in [1.807, 2.05) is 0 Å². The van der Waals surface area contributed by atoms with Crippen molar-refractivity contribution in [3.63, 3.8) is 0 Å². The van der Waals surface area contributed by atoms with Gasteiger partial charge in [-0.25, -0.2) is 4.79 Å². The molecule has 13 heteroatoms. The number of alkyl halides is 3. The molecule has 9 nitrogen and oxygen atoms in total. The summed E-state index contributed by atoms with van der Waals surface area (Å²) in [5, 5.41) is 3.16. The standard InChI is InChI=1S/C20H20F3N3O6S/c1-14-8-10-17(11-9-14)33(28,29)31-13-16(12-25-26-24)32-18(27)19(30-2,20(21,22)23)15-6-4-3-5-7-15/h3-11,16H,12-13H2,1-2H3/t16-,19+/m0/s1. The van der Waals surface area contributed by atoms with Gasteiger partial charge in [0.05, 0.1) is 11.4 Å². The second-order valence-corrected chi connectivity index (χ2v) is 8.36. The zero-order valence-corrected chi connectivity index (χ0v) is 18.3. The zero-order chi connectivity index (χ0) is 24.7. The summed E-state index contributed by atoms with van der Waals surface area (Å²) in [4.78, 5) is 15.0. The number of carbonyl (C=O) groups excluding carboxylic acids is 1. The van der Waals surface area contributed by atoms with Crippen molar-refractivity contribution in [2.24, 2.45) is 5.11 Å². The van der Waals surface area contributed by atoms with Gasteiger partial charge in [0.25, 0.3) is 15.7 Å². The number of hydrogen-bond acceptors (Lipinski definition) is 7. The maximum atomic E-state index is 14.0. The first kappa shape index (κ1) is 26.1. The normalized spacial score (nSPS) is 14.6. The molecule has 0 unspecified atom stereocenters. The summed E-state index contributed by atoms with van der Waals surface area (Å²) in [5.74, 6) is -1.88. The molecule has 0 fully saturated rings. The van der Waals surface area contributed by atoms with E-state index in [4.69, 9.17) is 14.5 Å². The molecule has 0 bridgehead atoms. The Morgan fingerprint density at radius 1 is 1.12 bits per heavy atom. The highest BCUT2D eigenvalue weighted by Gasteiger charge is 2.64. The van der Waals surface area contributed by atoms with Gasteiger partial charge in [-0.15, -0.1) is 0 Å². The average molecular weight is 487 g/mol. The molecule has 0 amide bonds. The van der Waals surface area contributed by atoms with Crippen LogP contribution in [0.15, 0.2) is 64.6 Å². The fourth-order valence-electron chi connectivity index (χ4n) is 2.81. The number of rotatable bonds is 10. The fourth-order valence-corrected chi connectivity index (χ4v) is 3.75. The van der Waals surface area contributed by atoms with Gasteiger partial charge in [-0.1, -0.05) is 53.1 Å². The van der Waals surface area contributed by atoms with Crippen molar-refractivity contribution in [2.45, 2.75) is 29.7 Å². The molecular weight excluding hydrogens is 467 g/mol. The maximum absolute atomic E-state index is 14.0. The Labute approximate surface area is 187 Å². The van der Waals surface area contributed by atoms with Crippen molar-refractivity contribution in [1.29, 1.82) is 0 Å². The van der Waals surface area contributed by atoms with Crippen molar-refractivity contribution in [3.8, 4) is 0 Å². The monoisotopic (exact) mass is 487 g/mol. The van der Waals surface area contributed by atoms with Gasteiger partial charge < -0.3 is 9.47 Å². The number of halogens is 3. The van der Waals surface area contributed by atoms with Crippen LogP contribution in [0.1, 0.15) is 11.1 Å². The third-order valence-corrected chi connectivity index (χ3v) is 5.81. The highest BCUT2D eigenvalue weighted by Crippen LogP contribution is 2.43. The van der Waals surface area contributed by atoms with Crippen LogP contribution in [-0.2, 0) is 34.2 Å². The Morgan fingerprint density at radius 3 is 2.24 bits per heavy atom. The zero-order valence-electron chi connectivity index (χ0n) is 17.5. The Kier molecular flexibility index (Phi) is 8.45. The van der Waals surface area contributed by atoms with Gasteiger partial charge in [-0.05, 0) is 24.6 Å². The number of nitrogens with zero attached hydrogens (tertiary/aromatic N) is 3. The Hall–Kier alpha value is -3.12. The summed E-state index contributed by atoms with van der Waals surface area (Å²) >= 11 is 0. The van der Waals surface area contributed by atoms with E-state index in [0.29, 0.717) is 7.11 Å². The fraction of sp³-hybridized carbons (Fsp3) is 0.350. The minimum Gasteiger partial charge on any atom is -0.457 e. The van der Waals surface area contributed by atoms with E-state index in [0.717, 1.165) is 17.7 Å². The molecule has 2 aromatic carbocycles. The van der Waals surface area contributed by atoms with E-state index in [1.165, 1.54) is 42.5 Å². The molecule has 0 aliphatic carbocycles. The SMILES string of the molecule is CO[C@@](C(=O)O[C@@H](CN=[N+]=[N-])COS(=O)(=O)c1ccc(C)cc1)(c1ccccc1)C(F)(F)F. The second-order valence-electron chi connectivity index (χ2n) is 6.74. The average Bonchev–Trinajstić information content (AvgIpc) is 2.76. The smallest absolute Gasteiger partial charge is 0.432 e. The topological polar surface area (TPSA) is 128 Å². The Bertz CT molecular complexity index is 1100. The summed E-state index contributed by atoms with van der Waals surface area (Å²) in [6.45, 7) is 0.160. The van der Waals surface area contributed by atoms with Crippen molar-refractivity contribution in [3.05, 3.63) is 76.2 Å². The number of ether oxygens (including phenoxy) is 2. The molecule has 0 saturated heterocycles. The second kappa shape index (κ2) is 10.7. The third kappa shape index (κ3) is 6.02. The Morgan fingerprint density at radius 2 is 1.73 bits per heavy atom. The molecule has 0 aromatic heterocycles. The summed E-state index contributed by atoms with van der Waals surface area (Å²) in [6.07, 6.45) is -6.90. The Balaban J connectivity index is 2.31. The molecule has 0 radical (unpaired) electrons. The molecule has 178 valence electrons. The minimum atomic E-state index is -5.24. The highest BCUT2D eigenvalue weighted by molar-refractivity contribution is 7.86. The lowest BCUT2D eigenvalue weighted by Gasteiger charge is -2.33. The molecule has 33 heavy (non-hydrogen) atoms. The van der Waals surface area contributed by atoms with Gasteiger partial charge in [0.2, 0.25) is 0 Å². The third-order valence-electron chi connectivity index (χ3n) is 4.51. The number of aryl methyl sites for hydroxylation is 1. The molecular formula is C20H20F3N3O6S. The van der Waals surface area contributed by atoms with Gasteiger partial charge >= 0.3 is 12.1 Å². The first-order valence-electron chi connectivity index (χ1n) is 9.33. The number of hydrogen-bond donors (Lipinski definition) is 0. The first-order valence-corrected chi connectivity index (χ1v) is 10.7. The lowest BCUT2D eigenvalue weighted by Crippen LogP contribution is -2.53. The largest absolute Gasteiger partial charge is 0.457 e. The van der Waals surface area contributed by atoms with E-state index < -0.39 is 52.7 Å². The van der Waals surface area contributed by atoms with Gasteiger partial charge in [-0.2, -0.15) is 21.6 Å². The number of azide groups is 1. The van der Waals surface area contributed by atoms with Crippen molar-refractivity contribution < 1.29 is 40.0 Å². The number of benzene rings is 2. The van der Waals surface area contributed by atoms with Gasteiger partial charge in [0.15, 0.2) is 0 Å². The molecule has 2 rings (SSSR count). The first-order chi connectivity index (χ1) is 15.5. The van der Waals surface area contributed by atoms with Crippen molar-refractivity contribution in [2.75, 3.05) is 20.3 Å². The molecule has 0 saturated carbocycles.